The Morgan fingerprint density at radius 1 is 1.26 bits per heavy atom. The molecule has 2 fully saturated rings. The van der Waals surface area contributed by atoms with Gasteiger partial charge in [0.05, 0.1) is 5.41 Å². The van der Waals surface area contributed by atoms with Crippen molar-refractivity contribution in [3.8, 4) is 0 Å². The molecule has 1 aromatic rings. The van der Waals surface area contributed by atoms with E-state index in [1.807, 2.05) is 29.2 Å². The molecule has 0 atom stereocenters. The second kappa shape index (κ2) is 4.80. The maximum atomic E-state index is 12.8. The first-order valence-corrected chi connectivity index (χ1v) is 7.31. The van der Waals surface area contributed by atoms with E-state index in [4.69, 9.17) is 17.3 Å². The first-order valence-electron chi connectivity index (χ1n) is 6.93. The van der Waals surface area contributed by atoms with Crippen LogP contribution in [0.3, 0.4) is 0 Å². The zero-order chi connectivity index (χ0) is 13.5. The van der Waals surface area contributed by atoms with Crippen LogP contribution >= 0.6 is 11.6 Å². The van der Waals surface area contributed by atoms with E-state index in [0.29, 0.717) is 5.02 Å². The fourth-order valence-corrected chi connectivity index (χ4v) is 3.29. The predicted molar refractivity (Wildman–Crippen MR) is 76.2 cm³/mol. The number of hydrogen-bond donors (Lipinski definition) is 1. The summed E-state index contributed by atoms with van der Waals surface area (Å²) >= 11 is 6.26. The third-order valence-corrected chi connectivity index (χ3v) is 4.71. The quantitative estimate of drug-likeness (QED) is 0.902. The summed E-state index contributed by atoms with van der Waals surface area (Å²) < 4.78 is 0. The molecule has 0 unspecified atom stereocenters. The molecule has 1 saturated carbocycles. The first-order chi connectivity index (χ1) is 9.13. The number of nitrogens with two attached hydrogens (primary N) is 1. The lowest BCUT2D eigenvalue weighted by atomic mass is 9.93. The lowest BCUT2D eigenvalue weighted by Gasteiger charge is -2.33. The number of likely N-dealkylation sites (tertiary alicyclic amines) is 1. The summed E-state index contributed by atoms with van der Waals surface area (Å²) in [6, 6.07) is 7.98. The van der Waals surface area contributed by atoms with E-state index >= 15 is 0 Å². The highest BCUT2D eigenvalue weighted by Crippen LogP contribution is 2.51. The highest BCUT2D eigenvalue weighted by Gasteiger charge is 2.54. The molecule has 2 N–H and O–H groups in total. The zero-order valence-electron chi connectivity index (χ0n) is 10.9. The Labute approximate surface area is 118 Å². The van der Waals surface area contributed by atoms with Gasteiger partial charge in [-0.05, 0) is 37.3 Å². The number of carbonyl (C=O) groups is 1. The van der Waals surface area contributed by atoms with E-state index in [-0.39, 0.29) is 17.4 Å². The predicted octanol–water partition coefficient (Wildman–Crippen LogP) is 2.32. The van der Waals surface area contributed by atoms with Gasteiger partial charge in [0.25, 0.3) is 0 Å². The molecule has 1 aliphatic heterocycles. The standard InChI is InChI=1S/C15H19ClN2O/c16-13-4-2-1-3-12(13)15(7-8-15)14(19)18-9-5-11(17)6-10-18/h1-4,11H,5-10,17H2. The average Bonchev–Trinajstić information content (AvgIpc) is 3.21. The molecule has 19 heavy (non-hydrogen) atoms. The number of halogens is 1. The van der Waals surface area contributed by atoms with E-state index in [9.17, 15) is 4.79 Å². The van der Waals surface area contributed by atoms with Gasteiger partial charge in [0, 0.05) is 24.2 Å². The number of amides is 1. The van der Waals surface area contributed by atoms with Crippen LogP contribution in [0, 0.1) is 0 Å². The van der Waals surface area contributed by atoms with Gasteiger partial charge in [-0.2, -0.15) is 0 Å². The molecule has 0 radical (unpaired) electrons. The molecule has 1 heterocycles. The Balaban J connectivity index is 1.82. The summed E-state index contributed by atoms with van der Waals surface area (Å²) in [5.74, 6) is 0.243. The van der Waals surface area contributed by atoms with Crippen molar-refractivity contribution in [3.05, 3.63) is 34.9 Å². The molecule has 2 aliphatic rings. The van der Waals surface area contributed by atoms with Crippen LogP contribution in [-0.2, 0) is 10.2 Å². The maximum absolute atomic E-state index is 12.8. The van der Waals surface area contributed by atoms with Gasteiger partial charge in [0.1, 0.15) is 0 Å². The van der Waals surface area contributed by atoms with Crippen molar-refractivity contribution in [1.29, 1.82) is 0 Å². The lowest BCUT2D eigenvalue weighted by molar-refractivity contribution is -0.135. The highest BCUT2D eigenvalue weighted by atomic mass is 35.5. The normalized spacial score (nSPS) is 22.3. The molecular formula is C15H19ClN2O. The lowest BCUT2D eigenvalue weighted by Crippen LogP contribution is -2.46. The van der Waals surface area contributed by atoms with Crippen LogP contribution in [0.2, 0.25) is 5.02 Å². The average molecular weight is 279 g/mol. The second-order valence-electron chi connectivity index (χ2n) is 5.69. The fourth-order valence-electron chi connectivity index (χ4n) is 2.98. The van der Waals surface area contributed by atoms with Crippen molar-refractivity contribution >= 4 is 17.5 Å². The number of benzene rings is 1. The molecule has 1 aliphatic carbocycles. The van der Waals surface area contributed by atoms with E-state index in [0.717, 1.165) is 44.3 Å². The summed E-state index contributed by atoms with van der Waals surface area (Å²) in [5, 5.41) is 0.710. The summed E-state index contributed by atoms with van der Waals surface area (Å²) in [4.78, 5) is 14.7. The molecule has 102 valence electrons. The van der Waals surface area contributed by atoms with Crippen LogP contribution in [-0.4, -0.2) is 29.9 Å². The van der Waals surface area contributed by atoms with Gasteiger partial charge in [-0.1, -0.05) is 29.8 Å². The summed E-state index contributed by atoms with van der Waals surface area (Å²) in [7, 11) is 0. The van der Waals surface area contributed by atoms with Crippen molar-refractivity contribution in [2.24, 2.45) is 5.73 Å². The number of hydrogen-bond acceptors (Lipinski definition) is 2. The summed E-state index contributed by atoms with van der Waals surface area (Å²) in [6.07, 6.45) is 3.64. The number of nitrogens with zero attached hydrogens (tertiary/aromatic N) is 1. The molecule has 0 spiro atoms. The monoisotopic (exact) mass is 278 g/mol. The Hall–Kier alpha value is -1.06. The largest absolute Gasteiger partial charge is 0.342 e. The van der Waals surface area contributed by atoms with E-state index in [1.54, 1.807) is 0 Å². The minimum atomic E-state index is -0.347. The van der Waals surface area contributed by atoms with Crippen molar-refractivity contribution in [1.82, 2.24) is 4.90 Å². The topological polar surface area (TPSA) is 46.3 Å². The van der Waals surface area contributed by atoms with Crippen LogP contribution in [0.25, 0.3) is 0 Å². The van der Waals surface area contributed by atoms with Crippen molar-refractivity contribution in [3.63, 3.8) is 0 Å². The Morgan fingerprint density at radius 3 is 2.47 bits per heavy atom. The molecule has 0 aromatic heterocycles. The molecule has 1 aromatic carbocycles. The van der Waals surface area contributed by atoms with Crippen molar-refractivity contribution in [2.75, 3.05) is 13.1 Å². The molecule has 3 rings (SSSR count). The molecule has 1 amide bonds. The molecular weight excluding hydrogens is 260 g/mol. The van der Waals surface area contributed by atoms with E-state index in [2.05, 4.69) is 0 Å². The van der Waals surface area contributed by atoms with Crippen molar-refractivity contribution < 1.29 is 4.79 Å². The molecule has 4 heteroatoms. The van der Waals surface area contributed by atoms with Crippen molar-refractivity contribution in [2.45, 2.75) is 37.1 Å². The van der Waals surface area contributed by atoms with Gasteiger partial charge in [-0.25, -0.2) is 0 Å². The van der Waals surface area contributed by atoms with E-state index < -0.39 is 0 Å². The zero-order valence-corrected chi connectivity index (χ0v) is 11.7. The van der Waals surface area contributed by atoms with Gasteiger partial charge in [-0.3, -0.25) is 4.79 Å². The molecule has 3 nitrogen and oxygen atoms in total. The van der Waals surface area contributed by atoms with E-state index in [1.165, 1.54) is 0 Å². The number of piperidine rings is 1. The van der Waals surface area contributed by atoms with Crippen LogP contribution in [0.5, 0.6) is 0 Å². The van der Waals surface area contributed by atoms with Gasteiger partial charge in [-0.15, -0.1) is 0 Å². The first kappa shape index (κ1) is 12.9. The fraction of sp³-hybridized carbons (Fsp3) is 0.533. The summed E-state index contributed by atoms with van der Waals surface area (Å²) in [6.45, 7) is 1.57. The van der Waals surface area contributed by atoms with Gasteiger partial charge >= 0.3 is 0 Å². The maximum Gasteiger partial charge on any atom is 0.233 e. The number of rotatable bonds is 2. The Morgan fingerprint density at radius 2 is 1.89 bits per heavy atom. The number of carbonyl (C=O) groups excluding carboxylic acids is 1. The smallest absolute Gasteiger partial charge is 0.233 e. The minimum absolute atomic E-state index is 0.243. The Kier molecular flexibility index (Phi) is 3.27. The SMILES string of the molecule is NC1CCN(C(=O)C2(c3ccccc3Cl)CC2)CC1. The van der Waals surface area contributed by atoms with Crippen LogP contribution < -0.4 is 5.73 Å². The third kappa shape index (κ3) is 2.26. The van der Waals surface area contributed by atoms with Gasteiger partial charge in [0.2, 0.25) is 5.91 Å². The van der Waals surface area contributed by atoms with Gasteiger partial charge < -0.3 is 10.6 Å². The second-order valence-corrected chi connectivity index (χ2v) is 6.10. The Bertz CT molecular complexity index is 491. The third-order valence-electron chi connectivity index (χ3n) is 4.38. The summed E-state index contributed by atoms with van der Waals surface area (Å²) in [5.41, 5.74) is 6.55. The minimum Gasteiger partial charge on any atom is -0.342 e. The van der Waals surface area contributed by atoms with Crippen LogP contribution in [0.1, 0.15) is 31.2 Å². The molecule has 1 saturated heterocycles. The highest BCUT2D eigenvalue weighted by molar-refractivity contribution is 6.31. The van der Waals surface area contributed by atoms with Gasteiger partial charge in [0.15, 0.2) is 0 Å². The van der Waals surface area contributed by atoms with Crippen LogP contribution in [0.4, 0.5) is 0 Å². The van der Waals surface area contributed by atoms with Crippen LogP contribution in [0.15, 0.2) is 24.3 Å². The molecule has 0 bridgehead atoms.